The van der Waals surface area contributed by atoms with Crippen molar-refractivity contribution in [3.8, 4) is 0 Å². The molecule has 1 aliphatic rings. The van der Waals surface area contributed by atoms with E-state index in [4.69, 9.17) is 4.74 Å². The Morgan fingerprint density at radius 2 is 2.11 bits per heavy atom. The van der Waals surface area contributed by atoms with E-state index in [0.717, 1.165) is 0 Å². The van der Waals surface area contributed by atoms with Gasteiger partial charge in [0.25, 0.3) is 0 Å². The minimum absolute atomic E-state index is 0.120. The molecule has 1 rings (SSSR count). The lowest BCUT2D eigenvalue weighted by atomic mass is 10.4. The van der Waals surface area contributed by atoms with Crippen LogP contribution < -0.4 is 0 Å². The molecule has 50 valence electrons. The summed E-state index contributed by atoms with van der Waals surface area (Å²) < 4.78 is 5.20. The van der Waals surface area contributed by atoms with E-state index in [1.165, 1.54) is 0 Å². The highest BCUT2D eigenvalue weighted by molar-refractivity contribution is 5.06. The molecule has 1 unspecified atom stereocenters. The molecular weight excluding hydrogens is 114 g/mol. The Balaban J connectivity index is 2.46. The van der Waals surface area contributed by atoms with Crippen LogP contribution in [0, 0.1) is 0 Å². The summed E-state index contributed by atoms with van der Waals surface area (Å²) >= 11 is 0. The fourth-order valence-corrected chi connectivity index (χ4v) is 0.670. The van der Waals surface area contributed by atoms with Crippen molar-refractivity contribution < 1.29 is 4.74 Å². The molecule has 1 atom stereocenters. The predicted octanol–water partition coefficient (Wildman–Crippen LogP) is 0.974. The highest BCUT2D eigenvalue weighted by Gasteiger charge is 2.06. The van der Waals surface area contributed by atoms with Gasteiger partial charge < -0.3 is 4.74 Å². The Hall–Kier alpha value is -0.760. The highest BCUT2D eigenvalue weighted by Crippen LogP contribution is 2.03. The summed E-state index contributed by atoms with van der Waals surface area (Å²) in [5.74, 6) is 0. The van der Waals surface area contributed by atoms with Crippen LogP contribution in [-0.4, -0.2) is 25.2 Å². The fraction of sp³-hybridized carbons (Fsp3) is 0.429. The highest BCUT2D eigenvalue weighted by atomic mass is 16.5. The maximum Gasteiger partial charge on any atom is 0.170 e. The van der Waals surface area contributed by atoms with Gasteiger partial charge >= 0.3 is 0 Å². The predicted molar refractivity (Wildman–Crippen MR) is 36.8 cm³/mol. The largest absolute Gasteiger partial charge is 0.479 e. The first-order valence-electron chi connectivity index (χ1n) is 2.96. The molecule has 1 aliphatic heterocycles. The average molecular weight is 125 g/mol. The lowest BCUT2D eigenvalue weighted by molar-refractivity contribution is 0.0619. The molecule has 0 N–H and O–H groups in total. The summed E-state index contributed by atoms with van der Waals surface area (Å²) in [6.45, 7) is 0. The molecule has 0 aromatic heterocycles. The normalized spacial score (nSPS) is 24.6. The van der Waals surface area contributed by atoms with Gasteiger partial charge in [0.2, 0.25) is 0 Å². The van der Waals surface area contributed by atoms with Crippen molar-refractivity contribution in [2.45, 2.75) is 6.23 Å². The maximum absolute atomic E-state index is 5.20. The molecule has 1 heterocycles. The Morgan fingerprint density at radius 3 is 2.44 bits per heavy atom. The monoisotopic (exact) mass is 125 g/mol. The van der Waals surface area contributed by atoms with Crippen LogP contribution in [-0.2, 0) is 4.74 Å². The van der Waals surface area contributed by atoms with Gasteiger partial charge in [0.1, 0.15) is 0 Å². The standard InChI is InChI=1S/C7H11NO/c1-8(2)7-5-3-4-6-9-7/h3-7H,1-2H3. The van der Waals surface area contributed by atoms with E-state index in [1.807, 2.05) is 37.2 Å². The molecule has 0 bridgehead atoms. The Labute approximate surface area is 55.4 Å². The van der Waals surface area contributed by atoms with Gasteiger partial charge in [-0.25, -0.2) is 0 Å². The van der Waals surface area contributed by atoms with Crippen molar-refractivity contribution in [2.24, 2.45) is 0 Å². The summed E-state index contributed by atoms with van der Waals surface area (Å²) in [6, 6.07) is 0. The van der Waals surface area contributed by atoms with Gasteiger partial charge in [0, 0.05) is 0 Å². The first-order valence-corrected chi connectivity index (χ1v) is 2.96. The van der Waals surface area contributed by atoms with E-state index in [2.05, 4.69) is 0 Å². The number of hydrogen-bond donors (Lipinski definition) is 0. The van der Waals surface area contributed by atoms with Gasteiger partial charge in [-0.05, 0) is 26.2 Å². The number of nitrogens with zero attached hydrogens (tertiary/aromatic N) is 1. The topological polar surface area (TPSA) is 12.5 Å². The first-order chi connectivity index (χ1) is 4.30. The summed E-state index contributed by atoms with van der Waals surface area (Å²) in [5.41, 5.74) is 0. The van der Waals surface area contributed by atoms with Gasteiger partial charge in [-0.1, -0.05) is 6.08 Å². The molecule has 0 saturated heterocycles. The third kappa shape index (κ3) is 1.57. The van der Waals surface area contributed by atoms with Crippen molar-refractivity contribution in [1.29, 1.82) is 0 Å². The first kappa shape index (κ1) is 6.36. The number of allylic oxidation sites excluding steroid dienone is 2. The molecule has 0 spiro atoms. The van der Waals surface area contributed by atoms with E-state index >= 15 is 0 Å². The van der Waals surface area contributed by atoms with Crippen LogP contribution in [0.15, 0.2) is 24.5 Å². The molecule has 0 radical (unpaired) electrons. The van der Waals surface area contributed by atoms with Crippen LogP contribution in [0.25, 0.3) is 0 Å². The van der Waals surface area contributed by atoms with E-state index < -0.39 is 0 Å². The SMILES string of the molecule is CN(C)C1C=CC=CO1. The zero-order chi connectivity index (χ0) is 6.69. The zero-order valence-electron chi connectivity index (χ0n) is 5.74. The van der Waals surface area contributed by atoms with Crippen molar-refractivity contribution in [1.82, 2.24) is 4.90 Å². The fourth-order valence-electron chi connectivity index (χ4n) is 0.670. The summed E-state index contributed by atoms with van der Waals surface area (Å²) in [7, 11) is 3.96. The molecular formula is C7H11NO. The van der Waals surface area contributed by atoms with Crippen molar-refractivity contribution >= 4 is 0 Å². The molecule has 2 nitrogen and oxygen atoms in total. The van der Waals surface area contributed by atoms with Gasteiger partial charge in [0.05, 0.1) is 6.26 Å². The number of likely N-dealkylation sites (N-methyl/N-ethyl adjacent to an activating group) is 1. The summed E-state index contributed by atoms with van der Waals surface area (Å²) in [6.07, 6.45) is 7.67. The Morgan fingerprint density at radius 1 is 1.33 bits per heavy atom. The average Bonchev–Trinajstić information content (AvgIpc) is 1.90. The van der Waals surface area contributed by atoms with Gasteiger partial charge in [0.15, 0.2) is 6.23 Å². The molecule has 0 amide bonds. The van der Waals surface area contributed by atoms with Crippen LogP contribution in [0.1, 0.15) is 0 Å². The lowest BCUT2D eigenvalue weighted by Gasteiger charge is -2.21. The van der Waals surface area contributed by atoms with Gasteiger partial charge in [-0.15, -0.1) is 0 Å². The minimum Gasteiger partial charge on any atom is -0.479 e. The van der Waals surface area contributed by atoms with E-state index in [0.29, 0.717) is 0 Å². The Kier molecular flexibility index (Phi) is 1.90. The van der Waals surface area contributed by atoms with Crippen molar-refractivity contribution in [2.75, 3.05) is 14.1 Å². The second-order valence-electron chi connectivity index (χ2n) is 2.20. The van der Waals surface area contributed by atoms with E-state index in [9.17, 15) is 0 Å². The maximum atomic E-state index is 5.20. The van der Waals surface area contributed by atoms with Crippen LogP contribution in [0.2, 0.25) is 0 Å². The third-order valence-corrected chi connectivity index (χ3v) is 1.19. The molecule has 0 saturated carbocycles. The van der Waals surface area contributed by atoms with Crippen LogP contribution in [0.3, 0.4) is 0 Å². The second-order valence-corrected chi connectivity index (χ2v) is 2.20. The number of hydrogen-bond acceptors (Lipinski definition) is 2. The summed E-state index contributed by atoms with van der Waals surface area (Å²) in [5, 5.41) is 0. The van der Waals surface area contributed by atoms with E-state index in [-0.39, 0.29) is 6.23 Å². The van der Waals surface area contributed by atoms with Crippen molar-refractivity contribution in [3.63, 3.8) is 0 Å². The Bertz CT molecular complexity index is 138. The van der Waals surface area contributed by atoms with Crippen LogP contribution in [0.4, 0.5) is 0 Å². The molecule has 0 aromatic carbocycles. The second kappa shape index (κ2) is 2.69. The lowest BCUT2D eigenvalue weighted by Crippen LogP contribution is -2.27. The molecule has 9 heavy (non-hydrogen) atoms. The van der Waals surface area contributed by atoms with Gasteiger partial charge in [-0.3, -0.25) is 4.90 Å². The van der Waals surface area contributed by atoms with Crippen LogP contribution >= 0.6 is 0 Å². The number of ether oxygens (including phenoxy) is 1. The zero-order valence-corrected chi connectivity index (χ0v) is 5.74. The van der Waals surface area contributed by atoms with Gasteiger partial charge in [-0.2, -0.15) is 0 Å². The molecule has 0 aromatic rings. The molecule has 2 heteroatoms. The summed E-state index contributed by atoms with van der Waals surface area (Å²) in [4.78, 5) is 2.00. The quantitative estimate of drug-likeness (QED) is 0.518. The molecule has 0 aliphatic carbocycles. The number of rotatable bonds is 1. The minimum atomic E-state index is 0.120. The van der Waals surface area contributed by atoms with E-state index in [1.54, 1.807) is 6.26 Å². The van der Waals surface area contributed by atoms with Crippen LogP contribution in [0.5, 0.6) is 0 Å². The third-order valence-electron chi connectivity index (χ3n) is 1.19. The smallest absolute Gasteiger partial charge is 0.170 e. The molecule has 0 fully saturated rings. The van der Waals surface area contributed by atoms with Crippen molar-refractivity contribution in [3.05, 3.63) is 24.5 Å².